The molecule has 2 aliphatic heterocycles. The zero-order valence-corrected chi connectivity index (χ0v) is 15.5. The smallest absolute Gasteiger partial charge is 0.231 e. The van der Waals surface area contributed by atoms with Crippen molar-refractivity contribution in [3.63, 3.8) is 0 Å². The molecule has 142 valence electrons. The van der Waals surface area contributed by atoms with E-state index >= 15 is 0 Å². The zero-order chi connectivity index (χ0) is 19.1. The Morgan fingerprint density at radius 1 is 1.21 bits per heavy atom. The predicted molar refractivity (Wildman–Crippen MR) is 103 cm³/mol. The molecule has 3 aromatic rings. The first kappa shape index (κ1) is 16.8. The molecule has 0 bridgehead atoms. The summed E-state index contributed by atoms with van der Waals surface area (Å²) in [7, 11) is 0. The fraction of sp³-hybridized carbons (Fsp3) is 0.286. The first-order chi connectivity index (χ1) is 13.7. The number of pyridine rings is 1. The van der Waals surface area contributed by atoms with Gasteiger partial charge in [0.15, 0.2) is 11.5 Å². The van der Waals surface area contributed by atoms with Crippen LogP contribution in [0.3, 0.4) is 0 Å². The fourth-order valence-corrected chi connectivity index (χ4v) is 3.91. The number of anilines is 1. The highest BCUT2D eigenvalue weighted by molar-refractivity contribution is 5.96. The number of nitrogens with zero attached hydrogens (tertiary/aromatic N) is 3. The van der Waals surface area contributed by atoms with Crippen molar-refractivity contribution in [3.8, 4) is 22.6 Å². The summed E-state index contributed by atoms with van der Waals surface area (Å²) in [5.41, 5.74) is 3.97. The number of amides is 1. The summed E-state index contributed by atoms with van der Waals surface area (Å²) in [6.07, 6.45) is 5.12. The quantitative estimate of drug-likeness (QED) is 0.757. The molecule has 0 radical (unpaired) electrons. The lowest BCUT2D eigenvalue weighted by atomic mass is 9.98. The van der Waals surface area contributed by atoms with Gasteiger partial charge in [-0.2, -0.15) is 5.10 Å². The van der Waals surface area contributed by atoms with Crippen molar-refractivity contribution in [1.82, 2.24) is 15.2 Å². The second kappa shape index (κ2) is 6.67. The van der Waals surface area contributed by atoms with Crippen molar-refractivity contribution in [3.05, 3.63) is 54.0 Å². The predicted octanol–water partition coefficient (Wildman–Crippen LogP) is 3.10. The Morgan fingerprint density at radius 2 is 2.11 bits per heavy atom. The molecule has 7 heteroatoms. The molecule has 0 aliphatic carbocycles. The Labute approximate surface area is 162 Å². The van der Waals surface area contributed by atoms with Crippen LogP contribution in [0.5, 0.6) is 11.5 Å². The third-order valence-corrected chi connectivity index (χ3v) is 5.39. The van der Waals surface area contributed by atoms with E-state index in [1.807, 2.05) is 43.5 Å². The minimum absolute atomic E-state index is 0.0453. The molecule has 0 saturated carbocycles. The van der Waals surface area contributed by atoms with Gasteiger partial charge in [0.2, 0.25) is 12.7 Å². The molecule has 1 saturated heterocycles. The number of fused-ring (bicyclic) bond motifs is 1. The van der Waals surface area contributed by atoms with Crippen LogP contribution in [-0.4, -0.2) is 34.4 Å². The maximum Gasteiger partial charge on any atom is 0.231 e. The summed E-state index contributed by atoms with van der Waals surface area (Å²) in [6, 6.07) is 9.80. The van der Waals surface area contributed by atoms with Crippen LogP contribution < -0.4 is 14.4 Å². The van der Waals surface area contributed by atoms with Gasteiger partial charge in [-0.05, 0) is 49.6 Å². The molecule has 1 unspecified atom stereocenters. The summed E-state index contributed by atoms with van der Waals surface area (Å²) in [4.78, 5) is 19.5. The molecule has 0 spiro atoms. The summed E-state index contributed by atoms with van der Waals surface area (Å²) in [6.45, 7) is 2.90. The number of aryl methyl sites for hydroxylation is 1. The van der Waals surface area contributed by atoms with Gasteiger partial charge in [0.25, 0.3) is 0 Å². The van der Waals surface area contributed by atoms with Crippen molar-refractivity contribution in [2.75, 3.05) is 18.2 Å². The van der Waals surface area contributed by atoms with Crippen LogP contribution >= 0.6 is 0 Å². The number of H-pyrrole nitrogens is 1. The minimum Gasteiger partial charge on any atom is -0.454 e. The third-order valence-electron chi connectivity index (χ3n) is 5.39. The molecule has 28 heavy (non-hydrogen) atoms. The van der Waals surface area contributed by atoms with Crippen molar-refractivity contribution in [1.29, 1.82) is 0 Å². The number of aromatic amines is 1. The number of rotatable bonds is 4. The molecule has 2 aliphatic rings. The molecular formula is C21H20N4O3. The highest BCUT2D eigenvalue weighted by atomic mass is 16.7. The molecule has 1 fully saturated rings. The normalized spacial score (nSPS) is 18.1. The van der Waals surface area contributed by atoms with Crippen LogP contribution in [0.15, 0.2) is 42.7 Å². The average Bonchev–Trinajstić information content (AvgIpc) is 3.44. The summed E-state index contributed by atoms with van der Waals surface area (Å²) < 4.78 is 10.8. The summed E-state index contributed by atoms with van der Waals surface area (Å²) in [5.74, 6) is 2.31. The van der Waals surface area contributed by atoms with Crippen molar-refractivity contribution in [2.24, 2.45) is 5.92 Å². The lowest BCUT2D eigenvalue weighted by Crippen LogP contribution is -2.28. The topological polar surface area (TPSA) is 80.3 Å². The molecule has 1 aromatic carbocycles. The van der Waals surface area contributed by atoms with Gasteiger partial charge in [0.05, 0.1) is 6.20 Å². The van der Waals surface area contributed by atoms with E-state index in [4.69, 9.17) is 9.47 Å². The Morgan fingerprint density at radius 3 is 2.93 bits per heavy atom. The van der Waals surface area contributed by atoms with Gasteiger partial charge in [-0.15, -0.1) is 0 Å². The molecule has 1 N–H and O–H groups in total. The van der Waals surface area contributed by atoms with Crippen LogP contribution in [0.25, 0.3) is 11.1 Å². The van der Waals surface area contributed by atoms with E-state index in [1.54, 1.807) is 11.1 Å². The van der Waals surface area contributed by atoms with E-state index in [0.717, 1.165) is 40.3 Å². The van der Waals surface area contributed by atoms with Gasteiger partial charge < -0.3 is 9.47 Å². The highest BCUT2D eigenvalue weighted by Gasteiger charge is 2.33. The van der Waals surface area contributed by atoms with Crippen LogP contribution in [0.2, 0.25) is 0 Å². The number of nitrogens with one attached hydrogen (secondary N) is 1. The van der Waals surface area contributed by atoms with Crippen LogP contribution in [0.1, 0.15) is 17.7 Å². The second-order valence-corrected chi connectivity index (χ2v) is 7.16. The molecular weight excluding hydrogens is 356 g/mol. The van der Waals surface area contributed by atoms with Crippen LogP contribution in [0, 0.1) is 12.8 Å². The zero-order valence-electron chi connectivity index (χ0n) is 15.5. The maximum atomic E-state index is 13.0. The second-order valence-electron chi connectivity index (χ2n) is 7.16. The van der Waals surface area contributed by atoms with Gasteiger partial charge in [0.1, 0.15) is 5.82 Å². The first-order valence-corrected chi connectivity index (χ1v) is 9.36. The number of carbonyl (C=O) groups excluding carboxylic acids is 1. The lowest BCUT2D eigenvalue weighted by molar-refractivity contribution is -0.120. The molecule has 1 amide bonds. The van der Waals surface area contributed by atoms with Crippen LogP contribution in [0.4, 0.5) is 5.82 Å². The minimum atomic E-state index is -0.0453. The number of aromatic nitrogens is 3. The Hall–Kier alpha value is -3.35. The maximum absolute atomic E-state index is 13.0. The van der Waals surface area contributed by atoms with Gasteiger partial charge in [-0.1, -0.05) is 6.07 Å². The highest BCUT2D eigenvalue weighted by Crippen LogP contribution is 2.35. The van der Waals surface area contributed by atoms with E-state index in [2.05, 4.69) is 15.2 Å². The van der Waals surface area contributed by atoms with E-state index in [0.29, 0.717) is 18.8 Å². The van der Waals surface area contributed by atoms with E-state index in [9.17, 15) is 4.79 Å². The van der Waals surface area contributed by atoms with Crippen LogP contribution in [-0.2, 0) is 11.2 Å². The molecule has 1 atom stereocenters. The number of carbonyl (C=O) groups is 1. The Kier molecular flexibility index (Phi) is 4.00. The number of hydrogen-bond donors (Lipinski definition) is 1. The first-order valence-electron chi connectivity index (χ1n) is 9.36. The van der Waals surface area contributed by atoms with E-state index in [-0.39, 0.29) is 18.6 Å². The third kappa shape index (κ3) is 2.89. The Bertz CT molecular complexity index is 1030. The van der Waals surface area contributed by atoms with Gasteiger partial charge in [-0.3, -0.25) is 14.8 Å². The van der Waals surface area contributed by atoms with Gasteiger partial charge >= 0.3 is 0 Å². The van der Waals surface area contributed by atoms with Gasteiger partial charge in [0, 0.05) is 35.5 Å². The molecule has 2 aromatic heterocycles. The number of ether oxygens (including phenoxy) is 2. The lowest BCUT2D eigenvalue weighted by Gasteiger charge is -2.17. The molecule has 5 rings (SSSR count). The Balaban J connectivity index is 1.33. The van der Waals surface area contributed by atoms with E-state index in [1.165, 1.54) is 0 Å². The van der Waals surface area contributed by atoms with Crippen molar-refractivity contribution >= 4 is 11.7 Å². The van der Waals surface area contributed by atoms with Gasteiger partial charge in [-0.25, -0.2) is 4.98 Å². The molecule has 4 heterocycles. The summed E-state index contributed by atoms with van der Waals surface area (Å²) >= 11 is 0. The van der Waals surface area contributed by atoms with Crippen molar-refractivity contribution < 1.29 is 14.3 Å². The SMILES string of the molecule is Cc1nc(N2CCC(Cc3ccc4c(c3)OCO4)C2=O)ccc1-c1cn[nH]c1. The largest absolute Gasteiger partial charge is 0.454 e. The monoisotopic (exact) mass is 376 g/mol. The summed E-state index contributed by atoms with van der Waals surface area (Å²) in [5, 5.41) is 6.81. The average molecular weight is 376 g/mol. The molecule has 7 nitrogen and oxygen atoms in total. The standard InChI is InChI=1S/C21H20N4O3/c1-13-17(16-10-22-23-11-16)3-5-20(24-13)25-7-6-15(21(25)26)8-14-2-4-18-19(9-14)28-12-27-18/h2-5,9-11,15H,6-8,12H2,1H3,(H,22,23). The van der Waals surface area contributed by atoms with Crippen molar-refractivity contribution in [2.45, 2.75) is 19.8 Å². The number of hydrogen-bond acceptors (Lipinski definition) is 5. The number of benzene rings is 1. The fourth-order valence-electron chi connectivity index (χ4n) is 3.91. The van der Waals surface area contributed by atoms with E-state index < -0.39 is 0 Å².